The van der Waals surface area contributed by atoms with Gasteiger partial charge in [0.05, 0.1) is 10.7 Å². The molecule has 0 amide bonds. The second-order valence-corrected chi connectivity index (χ2v) is 11.8. The summed E-state index contributed by atoms with van der Waals surface area (Å²) in [5.74, 6) is 5.45. The monoisotopic (exact) mass is 1220 g/mol. The fourth-order valence-electron chi connectivity index (χ4n) is 3.83. The van der Waals surface area contributed by atoms with Crippen molar-refractivity contribution in [1.82, 2.24) is 39.9 Å². The molecule has 0 fully saturated rings. The average molecular weight is 1220 g/mol. The maximum atomic E-state index is 4.76. The Labute approximate surface area is 439 Å². The van der Waals surface area contributed by atoms with Crippen molar-refractivity contribution < 1.29 is 83.2 Å². The van der Waals surface area contributed by atoms with Gasteiger partial charge in [0.25, 0.3) is 0 Å². The van der Waals surface area contributed by atoms with Gasteiger partial charge < -0.3 is 86.0 Å². The van der Waals surface area contributed by atoms with Gasteiger partial charge in [-0.25, -0.2) is 0 Å². The van der Waals surface area contributed by atoms with E-state index in [1.54, 1.807) is 49.6 Å². The molecule has 0 atom stereocenters. The van der Waals surface area contributed by atoms with Crippen molar-refractivity contribution in [3.63, 3.8) is 0 Å². The van der Waals surface area contributed by atoms with Crippen LogP contribution in [0.1, 0.15) is 0 Å². The average Bonchev–Trinajstić information content (AvgIpc) is 3.28. The van der Waals surface area contributed by atoms with Crippen molar-refractivity contribution in [3.05, 3.63) is 216 Å². The van der Waals surface area contributed by atoms with E-state index in [1.165, 1.54) is 0 Å². The molecule has 8 aromatic rings. The Morgan fingerprint density at radius 3 is 0.444 bits per heavy atom. The minimum absolute atomic E-state index is 0. The predicted molar refractivity (Wildman–Crippen MR) is 238 cm³/mol. The van der Waals surface area contributed by atoms with Gasteiger partial charge in [0.1, 0.15) is 0 Å². The van der Waals surface area contributed by atoms with E-state index in [1.807, 2.05) is 146 Å². The summed E-state index contributed by atoms with van der Waals surface area (Å²) in [4.78, 5) is 32.5. The van der Waals surface area contributed by atoms with Crippen LogP contribution in [-0.4, -0.2) is 50.6 Å². The molecule has 0 saturated carbocycles. The number of halogens is 6. The molecule has 0 aliphatic heterocycles. The van der Waals surface area contributed by atoms with E-state index in [4.69, 9.17) is 46.4 Å². The number of nitrogens with zero attached hydrogens (tertiary/aromatic N) is 12. The number of alkyl halides is 4. The van der Waals surface area contributed by atoms with Gasteiger partial charge in [0.15, 0.2) is 0 Å². The van der Waals surface area contributed by atoms with Gasteiger partial charge in [-0.2, -0.15) is 0 Å². The molecule has 8 heterocycles. The molecule has 0 unspecified atom stereocenters. The maximum absolute atomic E-state index is 4.76. The molecule has 0 aliphatic rings. The second-order valence-electron chi connectivity index (χ2n) is 10.2. The fraction of sp³-hybridized carbons (Fsp3) is 0.0476. The first kappa shape index (κ1) is 63.3. The third kappa shape index (κ3) is 31.5. The Balaban J connectivity index is -0.000000712. The van der Waals surface area contributed by atoms with Crippen LogP contribution in [0.25, 0.3) is 21.3 Å². The van der Waals surface area contributed by atoms with Crippen molar-refractivity contribution in [1.29, 1.82) is 0 Å². The zero-order chi connectivity index (χ0) is 41.1. The summed E-state index contributed by atoms with van der Waals surface area (Å²) in [7, 11) is 0. The van der Waals surface area contributed by atoms with Gasteiger partial charge in [0.2, 0.25) is 0 Å². The largest absolute Gasteiger partial charge is 2.00 e. The smallest absolute Gasteiger partial charge is 1.00 e. The van der Waals surface area contributed by atoms with Crippen LogP contribution < -0.4 is 24.8 Å². The molecule has 0 radical (unpaired) electrons. The minimum atomic E-state index is 0. The number of pyridine rings is 8. The van der Waals surface area contributed by atoms with Crippen LogP contribution in [0.2, 0.25) is 0 Å². The summed E-state index contributed by atoms with van der Waals surface area (Å²) in [5.41, 5.74) is 0. The third-order valence-electron chi connectivity index (χ3n) is 6.11. The molecule has 0 spiro atoms. The van der Waals surface area contributed by atoms with E-state index < -0.39 is 0 Å². The van der Waals surface area contributed by atoms with E-state index in [0.717, 1.165) is 0 Å². The van der Waals surface area contributed by atoms with Crippen molar-refractivity contribution in [3.8, 4) is 0 Å². The van der Waals surface area contributed by atoms with E-state index >= 15 is 0 Å². The summed E-state index contributed by atoms with van der Waals surface area (Å²) < 4.78 is 0. The topological polar surface area (TPSA) is 160 Å². The molecule has 8 aromatic heterocycles. The molecule has 0 aromatic carbocycles. The van der Waals surface area contributed by atoms with Crippen LogP contribution in [0.5, 0.6) is 0 Å². The Bertz CT molecular complexity index is 1670. The first-order chi connectivity index (χ1) is 28.6. The first-order valence-electron chi connectivity index (χ1n) is 17.0. The molecular weight excluding hydrogens is 1190 g/mol. The summed E-state index contributed by atoms with van der Waals surface area (Å²) >= 11 is 19.1. The number of aromatic nitrogens is 8. The van der Waals surface area contributed by atoms with Gasteiger partial charge in [-0.05, 0) is 98.1 Å². The molecule has 330 valence electrons. The summed E-state index contributed by atoms with van der Waals surface area (Å²) in [6.45, 7) is 0. The van der Waals surface area contributed by atoms with Crippen LogP contribution in [0.4, 0.5) is 46.5 Å². The van der Waals surface area contributed by atoms with Crippen molar-refractivity contribution in [2.24, 2.45) is 0 Å². The zero-order valence-electron chi connectivity index (χ0n) is 32.6. The second kappa shape index (κ2) is 43.3. The number of hydrogen-bond acceptors (Lipinski definition) is 8. The van der Waals surface area contributed by atoms with E-state index in [9.17, 15) is 0 Å². The van der Waals surface area contributed by atoms with Crippen LogP contribution >= 0.6 is 46.4 Å². The Hall–Kier alpha value is -3.99. The molecule has 12 nitrogen and oxygen atoms in total. The molecule has 0 bridgehead atoms. The van der Waals surface area contributed by atoms with E-state index in [2.05, 4.69) is 61.1 Å². The summed E-state index contributed by atoms with van der Waals surface area (Å²) in [5, 5.41) is 17.3. The number of rotatable bonds is 8. The van der Waals surface area contributed by atoms with Crippen LogP contribution in [0, 0.1) is 0 Å². The molecule has 8 rings (SSSR count). The first-order valence-corrected chi connectivity index (χ1v) is 19.2. The summed E-state index contributed by atoms with van der Waals surface area (Å²) in [6, 6.07) is 44.8. The molecule has 0 N–H and O–H groups in total. The Morgan fingerprint density at radius 1 is 0.254 bits per heavy atom. The Morgan fingerprint density at radius 2 is 0.365 bits per heavy atom. The Kier molecular flexibility index (Phi) is 43.5. The fourth-order valence-corrected chi connectivity index (χ4v) is 3.83. The van der Waals surface area contributed by atoms with Gasteiger partial charge in [-0.3, -0.25) is 0 Å². The van der Waals surface area contributed by atoms with Crippen LogP contribution in [0.3, 0.4) is 0 Å². The van der Waals surface area contributed by atoms with Gasteiger partial charge in [-0.1, -0.05) is 97.1 Å². The predicted octanol–water partition coefficient (Wildman–Crippen LogP) is 8.10. The van der Waals surface area contributed by atoms with E-state index in [-0.39, 0.29) is 93.9 Å². The van der Waals surface area contributed by atoms with Gasteiger partial charge in [-0.15, -0.1) is 46.4 Å². The molecule has 21 heteroatoms. The minimum Gasteiger partial charge on any atom is -1.00 e. The normalized spacial score (nSPS) is 8.44. The zero-order valence-corrected chi connectivity index (χ0v) is 42.3. The van der Waals surface area contributed by atoms with E-state index in [0.29, 0.717) is 46.5 Å². The quantitative estimate of drug-likeness (QED) is 0.109. The molecule has 63 heavy (non-hydrogen) atoms. The van der Waals surface area contributed by atoms with Gasteiger partial charge in [0, 0.05) is 46.5 Å². The third-order valence-corrected chi connectivity index (χ3v) is 6.11. The van der Waals surface area contributed by atoms with Crippen LogP contribution in [-0.2, 0) is 58.4 Å². The number of hydrogen-bond donors (Lipinski definition) is 0. The maximum Gasteiger partial charge on any atom is 2.00 e. The molecular formula is C42H36Cl6N12Ru3. The SMILES string of the molecule is ClCCl.ClCCl.[Cl-].[Cl-].[Ru+2].[Ru+2].[Ru+2].c1ccc([N-]c2ccccn2)nc1.c1ccc([N-]c2ccccn2)nc1.c1ccc([N-]c2ccccn2)nc1.c1ccc([N-]c2ccccn2)nc1. The molecule has 0 aliphatic carbocycles. The molecule has 0 saturated heterocycles. The van der Waals surface area contributed by atoms with Crippen molar-refractivity contribution in [2.75, 3.05) is 10.7 Å². The standard InChI is InChI=1S/4C10H8N3.2CH2Cl2.2ClH.3Ru/c4*1-3-7-11-9(5-1)13-10-6-2-4-8-12-10;2*2-1-3;;;;;/h4*1-8H;2*1H2;2*1H;;;/q4*-1;;;;;3*+2/p-2. The van der Waals surface area contributed by atoms with Crippen molar-refractivity contribution in [2.45, 2.75) is 0 Å². The summed E-state index contributed by atoms with van der Waals surface area (Å²) in [6.07, 6.45) is 13.7. The van der Waals surface area contributed by atoms with Crippen molar-refractivity contribution >= 4 is 92.9 Å². The van der Waals surface area contributed by atoms with Crippen LogP contribution in [0.15, 0.2) is 195 Å². The van der Waals surface area contributed by atoms with Gasteiger partial charge >= 0.3 is 58.4 Å².